The van der Waals surface area contributed by atoms with Crippen LogP contribution in [0.3, 0.4) is 0 Å². The molecule has 27 heavy (non-hydrogen) atoms. The number of benzene rings is 1. The van der Waals surface area contributed by atoms with E-state index in [9.17, 15) is 4.79 Å². The molecule has 0 N–H and O–H groups in total. The summed E-state index contributed by atoms with van der Waals surface area (Å²) in [7, 11) is 3.51. The van der Waals surface area contributed by atoms with Gasteiger partial charge in [0.15, 0.2) is 0 Å². The van der Waals surface area contributed by atoms with Crippen LogP contribution in [0.5, 0.6) is 5.75 Å². The summed E-state index contributed by atoms with van der Waals surface area (Å²) in [6.07, 6.45) is 1.84. The Morgan fingerprint density at radius 3 is 2.59 bits per heavy atom. The Morgan fingerprint density at radius 1 is 1.11 bits per heavy atom. The Bertz CT molecular complexity index is 730. The van der Waals surface area contributed by atoms with Crippen molar-refractivity contribution in [2.24, 2.45) is 0 Å². The third kappa shape index (κ3) is 5.77. The Morgan fingerprint density at radius 2 is 1.89 bits per heavy atom. The number of rotatable bonds is 7. The van der Waals surface area contributed by atoms with E-state index in [-0.39, 0.29) is 5.91 Å². The molecule has 0 saturated carbocycles. The van der Waals surface area contributed by atoms with Crippen LogP contribution in [0.4, 0.5) is 0 Å². The molecule has 3 rings (SSSR count). The number of aromatic nitrogens is 1. The number of carbonyl (C=O) groups excluding carboxylic acids is 1. The molecule has 1 aliphatic heterocycles. The molecule has 0 aliphatic carbocycles. The summed E-state index contributed by atoms with van der Waals surface area (Å²) in [6, 6.07) is 13.9. The van der Waals surface area contributed by atoms with Crippen LogP contribution in [0, 0.1) is 0 Å². The molecule has 1 aliphatic rings. The van der Waals surface area contributed by atoms with Crippen molar-refractivity contribution >= 4 is 5.91 Å². The normalized spacial score (nSPS) is 15.5. The van der Waals surface area contributed by atoms with Gasteiger partial charge in [0.1, 0.15) is 5.75 Å². The minimum Gasteiger partial charge on any atom is -0.497 e. The molecular formula is C21H28N4O2. The summed E-state index contributed by atoms with van der Waals surface area (Å²) in [4.78, 5) is 23.4. The van der Waals surface area contributed by atoms with E-state index in [1.165, 1.54) is 0 Å². The van der Waals surface area contributed by atoms with Crippen molar-refractivity contribution in [1.82, 2.24) is 19.7 Å². The number of methoxy groups -OCH3 is 1. The lowest BCUT2D eigenvalue weighted by molar-refractivity contribution is -0.132. The fraction of sp³-hybridized carbons (Fsp3) is 0.429. The van der Waals surface area contributed by atoms with E-state index >= 15 is 0 Å². The first-order valence-corrected chi connectivity index (χ1v) is 9.35. The van der Waals surface area contributed by atoms with E-state index in [0.717, 1.165) is 49.7 Å². The highest BCUT2D eigenvalue weighted by Gasteiger charge is 2.20. The van der Waals surface area contributed by atoms with Gasteiger partial charge in [-0.1, -0.05) is 18.2 Å². The predicted octanol–water partition coefficient (Wildman–Crippen LogP) is 1.87. The fourth-order valence-electron chi connectivity index (χ4n) is 3.27. The number of hydrogen-bond donors (Lipinski definition) is 0. The second kappa shape index (κ2) is 9.48. The summed E-state index contributed by atoms with van der Waals surface area (Å²) in [5.41, 5.74) is 2.17. The largest absolute Gasteiger partial charge is 0.497 e. The molecule has 1 aromatic heterocycles. The monoisotopic (exact) mass is 368 g/mol. The summed E-state index contributed by atoms with van der Waals surface area (Å²) < 4.78 is 5.25. The molecular weight excluding hydrogens is 340 g/mol. The molecule has 0 radical (unpaired) electrons. The molecule has 1 aromatic carbocycles. The van der Waals surface area contributed by atoms with E-state index in [1.807, 2.05) is 49.6 Å². The van der Waals surface area contributed by atoms with E-state index in [0.29, 0.717) is 13.1 Å². The Balaban J connectivity index is 1.43. The zero-order valence-electron chi connectivity index (χ0n) is 16.2. The van der Waals surface area contributed by atoms with Crippen LogP contribution >= 0.6 is 0 Å². The third-order valence-electron chi connectivity index (χ3n) is 4.92. The van der Waals surface area contributed by atoms with Gasteiger partial charge >= 0.3 is 0 Å². The summed E-state index contributed by atoms with van der Waals surface area (Å²) in [6.45, 7) is 5.68. The van der Waals surface area contributed by atoms with Gasteiger partial charge < -0.3 is 9.64 Å². The smallest absolute Gasteiger partial charge is 0.236 e. The number of ether oxygens (including phenoxy) is 1. The van der Waals surface area contributed by atoms with Gasteiger partial charge in [0.25, 0.3) is 0 Å². The van der Waals surface area contributed by atoms with Crippen molar-refractivity contribution in [3.05, 3.63) is 59.9 Å². The number of piperazine rings is 1. The second-order valence-corrected chi connectivity index (χ2v) is 6.97. The Hall–Kier alpha value is -2.44. The minimum atomic E-state index is 0.149. The van der Waals surface area contributed by atoms with Crippen molar-refractivity contribution in [3.8, 4) is 5.75 Å². The van der Waals surface area contributed by atoms with E-state index in [2.05, 4.69) is 20.9 Å². The van der Waals surface area contributed by atoms with Crippen LogP contribution in [0.2, 0.25) is 0 Å². The minimum absolute atomic E-state index is 0.149. The second-order valence-electron chi connectivity index (χ2n) is 6.97. The quantitative estimate of drug-likeness (QED) is 0.747. The maximum atomic E-state index is 12.6. The van der Waals surface area contributed by atoms with Crippen molar-refractivity contribution < 1.29 is 9.53 Å². The third-order valence-corrected chi connectivity index (χ3v) is 4.92. The molecule has 6 nitrogen and oxygen atoms in total. The fourth-order valence-corrected chi connectivity index (χ4v) is 3.27. The van der Waals surface area contributed by atoms with Crippen LogP contribution in [0.1, 0.15) is 11.3 Å². The van der Waals surface area contributed by atoms with Crippen LogP contribution in [0.15, 0.2) is 48.7 Å². The molecule has 0 atom stereocenters. The van der Waals surface area contributed by atoms with Gasteiger partial charge in [-0.15, -0.1) is 0 Å². The average molecular weight is 368 g/mol. The molecule has 6 heteroatoms. The summed E-state index contributed by atoms with van der Waals surface area (Å²) in [5, 5.41) is 0. The number of pyridine rings is 1. The first-order chi connectivity index (χ1) is 13.1. The molecule has 2 aromatic rings. The molecule has 1 fully saturated rings. The first kappa shape index (κ1) is 19.3. The summed E-state index contributed by atoms with van der Waals surface area (Å²) in [5.74, 6) is 0.966. The molecule has 144 valence electrons. The highest BCUT2D eigenvalue weighted by Crippen LogP contribution is 2.14. The van der Waals surface area contributed by atoms with Gasteiger partial charge in [0, 0.05) is 52.5 Å². The van der Waals surface area contributed by atoms with Crippen molar-refractivity contribution in [1.29, 1.82) is 0 Å². The zero-order valence-corrected chi connectivity index (χ0v) is 16.2. The summed E-state index contributed by atoms with van der Waals surface area (Å²) >= 11 is 0. The average Bonchev–Trinajstić information content (AvgIpc) is 2.70. The van der Waals surface area contributed by atoms with E-state index in [4.69, 9.17) is 4.74 Å². The van der Waals surface area contributed by atoms with E-state index < -0.39 is 0 Å². The SMILES string of the molecule is COc1cccc(CN(C)C(=O)CN2CCN(Cc3ccccn3)CC2)c1. The van der Waals surface area contributed by atoms with Crippen LogP contribution in [-0.2, 0) is 17.9 Å². The molecule has 0 unspecified atom stereocenters. The maximum Gasteiger partial charge on any atom is 0.236 e. The Labute approximate surface area is 161 Å². The van der Waals surface area contributed by atoms with Crippen molar-refractivity contribution in [2.45, 2.75) is 13.1 Å². The van der Waals surface area contributed by atoms with Gasteiger partial charge in [0.2, 0.25) is 5.91 Å². The van der Waals surface area contributed by atoms with Gasteiger partial charge in [-0.2, -0.15) is 0 Å². The highest BCUT2D eigenvalue weighted by molar-refractivity contribution is 5.78. The standard InChI is InChI=1S/C21H28N4O2/c1-23(15-18-6-5-8-20(14-18)27-2)21(26)17-25-12-10-24(11-13-25)16-19-7-3-4-9-22-19/h3-9,14H,10-13,15-17H2,1-2H3. The number of hydrogen-bond acceptors (Lipinski definition) is 5. The highest BCUT2D eigenvalue weighted by atomic mass is 16.5. The maximum absolute atomic E-state index is 12.6. The molecule has 0 bridgehead atoms. The van der Waals surface area contributed by atoms with Gasteiger partial charge in [-0.3, -0.25) is 19.6 Å². The van der Waals surface area contributed by atoms with Gasteiger partial charge in [-0.25, -0.2) is 0 Å². The molecule has 1 saturated heterocycles. The zero-order chi connectivity index (χ0) is 19.1. The number of carbonyl (C=O) groups is 1. The first-order valence-electron chi connectivity index (χ1n) is 9.35. The molecule has 1 amide bonds. The number of nitrogens with zero attached hydrogens (tertiary/aromatic N) is 4. The van der Waals surface area contributed by atoms with Crippen LogP contribution in [0.25, 0.3) is 0 Å². The molecule has 2 heterocycles. The van der Waals surface area contributed by atoms with Crippen LogP contribution < -0.4 is 4.74 Å². The number of amides is 1. The lowest BCUT2D eigenvalue weighted by atomic mass is 10.2. The lowest BCUT2D eigenvalue weighted by Gasteiger charge is -2.34. The van der Waals surface area contributed by atoms with Crippen molar-refractivity contribution in [2.75, 3.05) is 46.9 Å². The lowest BCUT2D eigenvalue weighted by Crippen LogP contribution is -2.49. The van der Waals surface area contributed by atoms with Crippen molar-refractivity contribution in [3.63, 3.8) is 0 Å². The van der Waals surface area contributed by atoms with E-state index in [1.54, 1.807) is 12.0 Å². The topological polar surface area (TPSA) is 48.9 Å². The number of likely N-dealkylation sites (N-methyl/N-ethyl adjacent to an activating group) is 1. The predicted molar refractivity (Wildman–Crippen MR) is 105 cm³/mol. The van der Waals surface area contributed by atoms with Crippen LogP contribution in [-0.4, -0.2) is 72.5 Å². The van der Waals surface area contributed by atoms with Gasteiger partial charge in [0.05, 0.1) is 19.3 Å². The Kier molecular flexibility index (Phi) is 6.79. The molecule has 0 spiro atoms. The van der Waals surface area contributed by atoms with Gasteiger partial charge in [-0.05, 0) is 29.8 Å².